The molecular weight excluding hydrogens is 432 g/mol. The van der Waals surface area contributed by atoms with Gasteiger partial charge in [-0.2, -0.15) is 0 Å². The fraction of sp³-hybridized carbons (Fsp3) is 0.444. The number of unbranched alkanes of at least 4 members (excludes halogenated alkanes) is 1. The molecule has 1 unspecified atom stereocenters. The van der Waals surface area contributed by atoms with Crippen molar-refractivity contribution in [1.29, 1.82) is 0 Å². The van der Waals surface area contributed by atoms with Crippen LogP contribution < -0.4 is 10.6 Å². The first-order valence-electron chi connectivity index (χ1n) is 9.22. The van der Waals surface area contributed by atoms with E-state index in [0.29, 0.717) is 22.8 Å². The van der Waals surface area contributed by atoms with Gasteiger partial charge in [-0.15, -0.1) is 10.2 Å². The van der Waals surface area contributed by atoms with E-state index in [2.05, 4.69) is 27.8 Å². The molecule has 0 saturated carbocycles. The number of aromatic nitrogens is 2. The van der Waals surface area contributed by atoms with E-state index in [4.69, 9.17) is 9.15 Å². The third kappa shape index (κ3) is 5.77. The van der Waals surface area contributed by atoms with Gasteiger partial charge in [0.1, 0.15) is 11.8 Å². The second kappa shape index (κ2) is 10.7. The molecular formula is C18H22N4O4S3. The Bertz CT molecular complexity index is 866. The van der Waals surface area contributed by atoms with Crippen molar-refractivity contribution in [3.05, 3.63) is 35.4 Å². The van der Waals surface area contributed by atoms with Crippen molar-refractivity contribution < 1.29 is 18.7 Å². The van der Waals surface area contributed by atoms with E-state index in [9.17, 15) is 9.59 Å². The fourth-order valence-electron chi connectivity index (χ4n) is 2.60. The van der Waals surface area contributed by atoms with Crippen LogP contribution in [0.25, 0.3) is 0 Å². The van der Waals surface area contributed by atoms with Crippen molar-refractivity contribution in [1.82, 2.24) is 20.8 Å². The van der Waals surface area contributed by atoms with Gasteiger partial charge >= 0.3 is 12.0 Å². The zero-order valence-corrected chi connectivity index (χ0v) is 18.5. The van der Waals surface area contributed by atoms with Gasteiger partial charge in [0.25, 0.3) is 0 Å². The number of thioether (sulfide) groups is 2. The molecule has 2 amide bonds. The van der Waals surface area contributed by atoms with Gasteiger partial charge in [0.05, 0.1) is 18.4 Å². The Labute approximate surface area is 181 Å². The minimum atomic E-state index is -0.706. The molecule has 0 spiro atoms. The summed E-state index contributed by atoms with van der Waals surface area (Å²) in [5.74, 6) is 1.34. The van der Waals surface area contributed by atoms with Crippen molar-refractivity contribution in [2.24, 2.45) is 0 Å². The zero-order chi connectivity index (χ0) is 20.6. The molecule has 11 heteroatoms. The van der Waals surface area contributed by atoms with Crippen LogP contribution in [0.4, 0.5) is 4.79 Å². The van der Waals surface area contributed by atoms with Gasteiger partial charge in [0, 0.05) is 17.2 Å². The maximum absolute atomic E-state index is 12.6. The first-order chi connectivity index (χ1) is 14.1. The number of rotatable bonds is 10. The predicted octanol–water partition coefficient (Wildman–Crippen LogP) is 3.99. The summed E-state index contributed by atoms with van der Waals surface area (Å²) in [4.78, 5) is 24.8. The third-order valence-electron chi connectivity index (χ3n) is 3.93. The quantitative estimate of drug-likeness (QED) is 0.315. The van der Waals surface area contributed by atoms with Crippen molar-refractivity contribution >= 4 is 46.9 Å². The first-order valence-corrected chi connectivity index (χ1v) is 12.0. The SMILES string of the molecule is CCCCSc1nnc(SCC2=C(C(=O)OCC)C(c3ccco3)NC(=O)N2)s1. The van der Waals surface area contributed by atoms with Crippen LogP contribution >= 0.6 is 34.9 Å². The highest BCUT2D eigenvalue weighted by Gasteiger charge is 2.35. The largest absolute Gasteiger partial charge is 0.467 e. The van der Waals surface area contributed by atoms with Crippen LogP contribution in [0.2, 0.25) is 0 Å². The van der Waals surface area contributed by atoms with Crippen molar-refractivity contribution in [3.63, 3.8) is 0 Å². The molecule has 8 nitrogen and oxygen atoms in total. The third-order valence-corrected chi connectivity index (χ3v) is 7.23. The number of carbonyl (C=O) groups excluding carboxylic acids is 2. The molecule has 2 N–H and O–H groups in total. The Hall–Kier alpha value is -1.98. The van der Waals surface area contributed by atoms with Crippen LogP contribution in [0, 0.1) is 0 Å². The second-order valence-corrected chi connectivity index (χ2v) is 9.53. The van der Waals surface area contributed by atoms with Gasteiger partial charge in [-0.05, 0) is 25.5 Å². The highest BCUT2D eigenvalue weighted by atomic mass is 32.2. The molecule has 1 aliphatic rings. The molecule has 3 heterocycles. The number of nitrogens with one attached hydrogen (secondary N) is 2. The average Bonchev–Trinajstić information content (AvgIpc) is 3.38. The average molecular weight is 455 g/mol. The summed E-state index contributed by atoms with van der Waals surface area (Å²) >= 11 is 4.62. The number of amides is 2. The minimum Gasteiger partial charge on any atom is -0.467 e. The summed E-state index contributed by atoms with van der Waals surface area (Å²) in [5, 5.41) is 13.9. The van der Waals surface area contributed by atoms with Gasteiger partial charge in [-0.3, -0.25) is 0 Å². The normalized spacial score (nSPS) is 16.5. The molecule has 1 atom stereocenters. The Morgan fingerprint density at radius 3 is 2.79 bits per heavy atom. The summed E-state index contributed by atoms with van der Waals surface area (Å²) < 4.78 is 12.3. The smallest absolute Gasteiger partial charge is 0.338 e. The Kier molecular flexibility index (Phi) is 8.01. The Morgan fingerprint density at radius 1 is 1.31 bits per heavy atom. The molecule has 1 aliphatic heterocycles. The number of hydrogen-bond donors (Lipinski definition) is 2. The lowest BCUT2D eigenvalue weighted by Gasteiger charge is -2.27. The number of esters is 1. The van der Waals surface area contributed by atoms with Crippen molar-refractivity contribution in [3.8, 4) is 0 Å². The molecule has 3 rings (SSSR count). The van der Waals surface area contributed by atoms with Crippen LogP contribution in [0.15, 0.2) is 42.8 Å². The predicted molar refractivity (Wildman–Crippen MR) is 113 cm³/mol. The number of furan rings is 1. The molecule has 0 aliphatic carbocycles. The highest BCUT2D eigenvalue weighted by molar-refractivity contribution is 8.03. The fourth-order valence-corrected chi connectivity index (χ4v) is 5.75. The topological polar surface area (TPSA) is 106 Å². The van der Waals surface area contributed by atoms with Crippen molar-refractivity contribution in [2.75, 3.05) is 18.1 Å². The molecule has 2 aromatic rings. The van der Waals surface area contributed by atoms with Crippen molar-refractivity contribution in [2.45, 2.75) is 41.4 Å². The van der Waals surface area contributed by atoms with Gasteiger partial charge in [0.2, 0.25) is 0 Å². The Balaban J connectivity index is 1.78. The van der Waals surface area contributed by atoms with Gasteiger partial charge in [-0.25, -0.2) is 9.59 Å². The summed E-state index contributed by atoms with van der Waals surface area (Å²) in [7, 11) is 0. The lowest BCUT2D eigenvalue weighted by molar-refractivity contribution is -0.139. The maximum Gasteiger partial charge on any atom is 0.338 e. The number of nitrogens with zero attached hydrogens (tertiary/aromatic N) is 2. The number of hydrogen-bond acceptors (Lipinski definition) is 9. The molecule has 156 valence electrons. The summed E-state index contributed by atoms with van der Waals surface area (Å²) in [6, 6.07) is 2.32. The summed E-state index contributed by atoms with van der Waals surface area (Å²) in [6.07, 6.45) is 3.78. The van der Waals surface area contributed by atoms with E-state index in [-0.39, 0.29) is 6.61 Å². The Morgan fingerprint density at radius 2 is 2.10 bits per heavy atom. The van der Waals surface area contributed by atoms with E-state index in [1.807, 2.05) is 0 Å². The van der Waals surface area contributed by atoms with Crippen LogP contribution in [-0.4, -0.2) is 40.3 Å². The zero-order valence-electron chi connectivity index (χ0n) is 16.1. The van der Waals surface area contributed by atoms with Crippen LogP contribution in [0.3, 0.4) is 0 Å². The van der Waals surface area contributed by atoms with Crippen LogP contribution in [-0.2, 0) is 9.53 Å². The van der Waals surface area contributed by atoms with E-state index in [1.165, 1.54) is 29.4 Å². The van der Waals surface area contributed by atoms with E-state index in [0.717, 1.165) is 27.3 Å². The lowest BCUT2D eigenvalue weighted by atomic mass is 10.0. The summed E-state index contributed by atoms with van der Waals surface area (Å²) in [6.45, 7) is 4.12. The molecule has 0 fully saturated rings. The highest BCUT2D eigenvalue weighted by Crippen LogP contribution is 2.33. The number of ether oxygens (including phenoxy) is 1. The maximum atomic E-state index is 12.6. The van der Waals surface area contributed by atoms with E-state index < -0.39 is 18.0 Å². The molecule has 0 saturated heterocycles. The molecule has 2 aromatic heterocycles. The van der Waals surface area contributed by atoms with Gasteiger partial charge < -0.3 is 19.8 Å². The van der Waals surface area contributed by atoms with E-state index >= 15 is 0 Å². The standard InChI is InChI=1S/C18H22N4O4S3/c1-3-5-9-27-17-21-22-18(29-17)28-10-11-13(15(23)25-4-2)14(20-16(24)19-11)12-7-6-8-26-12/h6-8,14H,3-5,9-10H2,1-2H3,(H2,19,20,24). The second-order valence-electron chi connectivity index (χ2n) is 5.98. The van der Waals surface area contributed by atoms with Crippen LogP contribution in [0.5, 0.6) is 0 Å². The van der Waals surface area contributed by atoms with Crippen LogP contribution in [0.1, 0.15) is 38.5 Å². The van der Waals surface area contributed by atoms with Gasteiger partial charge in [-0.1, -0.05) is 48.2 Å². The monoisotopic (exact) mass is 454 g/mol. The van der Waals surface area contributed by atoms with E-state index in [1.54, 1.807) is 30.8 Å². The molecule has 29 heavy (non-hydrogen) atoms. The summed E-state index contributed by atoms with van der Waals surface area (Å²) in [5.41, 5.74) is 0.810. The molecule has 0 bridgehead atoms. The first kappa shape index (κ1) is 21.7. The molecule has 0 radical (unpaired) electrons. The lowest BCUT2D eigenvalue weighted by Crippen LogP contribution is -2.46. The number of urea groups is 1. The number of carbonyl (C=O) groups is 2. The minimum absolute atomic E-state index is 0.232. The molecule has 0 aromatic carbocycles. The van der Waals surface area contributed by atoms with Gasteiger partial charge in [0.15, 0.2) is 8.68 Å².